The predicted molar refractivity (Wildman–Crippen MR) is 121 cm³/mol. The molecule has 1 saturated carbocycles. The molecule has 2 atom stereocenters. The highest BCUT2D eigenvalue weighted by molar-refractivity contribution is 5.90. The van der Waals surface area contributed by atoms with Gasteiger partial charge >= 0.3 is 0 Å². The molecular weight excluding hydrogens is 388 g/mol. The van der Waals surface area contributed by atoms with Crippen LogP contribution < -0.4 is 10.6 Å². The van der Waals surface area contributed by atoms with E-state index in [4.69, 9.17) is 4.52 Å². The van der Waals surface area contributed by atoms with Crippen LogP contribution in [0.1, 0.15) is 68.2 Å². The topological polar surface area (TPSA) is 72.1 Å². The number of aryl methyl sites for hydroxylation is 1. The van der Waals surface area contributed by atoms with Crippen molar-refractivity contribution < 1.29 is 9.32 Å². The van der Waals surface area contributed by atoms with Crippen LogP contribution >= 0.6 is 0 Å². The van der Waals surface area contributed by atoms with Crippen molar-refractivity contribution in [3.8, 4) is 0 Å². The second-order valence-corrected chi connectivity index (χ2v) is 9.69. The fraction of sp³-hybridized carbons (Fsp3) is 0.520. The van der Waals surface area contributed by atoms with Crippen molar-refractivity contribution in [3.63, 3.8) is 0 Å². The van der Waals surface area contributed by atoms with Crippen LogP contribution in [0.5, 0.6) is 0 Å². The molecule has 1 aliphatic heterocycles. The first-order valence-electron chi connectivity index (χ1n) is 11.6. The van der Waals surface area contributed by atoms with Gasteiger partial charge in [0.25, 0.3) is 0 Å². The number of nitrogens with one attached hydrogen (secondary N) is 2. The molecule has 164 valence electrons. The van der Waals surface area contributed by atoms with Crippen LogP contribution in [-0.2, 0) is 17.8 Å². The summed E-state index contributed by atoms with van der Waals surface area (Å²) in [5.41, 5.74) is 4.65. The van der Waals surface area contributed by atoms with Gasteiger partial charge in [-0.05, 0) is 62.1 Å². The zero-order valence-corrected chi connectivity index (χ0v) is 18.6. The van der Waals surface area contributed by atoms with E-state index in [0.717, 1.165) is 30.7 Å². The maximum Gasteiger partial charge on any atom is 0.237 e. The van der Waals surface area contributed by atoms with Crippen LogP contribution in [0, 0.1) is 12.8 Å². The first-order valence-corrected chi connectivity index (χ1v) is 11.6. The highest BCUT2D eigenvalue weighted by atomic mass is 16.5. The average molecular weight is 421 g/mol. The Morgan fingerprint density at radius 1 is 1.35 bits per heavy atom. The summed E-state index contributed by atoms with van der Waals surface area (Å²) in [4.78, 5) is 13.2. The Labute approximate surface area is 183 Å². The van der Waals surface area contributed by atoms with E-state index in [0.29, 0.717) is 24.9 Å². The van der Waals surface area contributed by atoms with Crippen LogP contribution in [0.3, 0.4) is 0 Å². The van der Waals surface area contributed by atoms with Gasteiger partial charge in [0.1, 0.15) is 11.5 Å². The molecule has 31 heavy (non-hydrogen) atoms. The summed E-state index contributed by atoms with van der Waals surface area (Å²) >= 11 is 0. The standard InChI is InChI=1S/C25H32N4O2/c1-15(2)10-21-20-8-5-9-23-24(20)17(13-29(23)14-19-11-16(3)31-28-19)12-22(27-21)25(30)26-18-6-4-7-18/h5,8-9,11,13,15,18,21-22,27H,4,6-7,10,12,14H2,1-3H3,(H,26,30)/t21-,22-/m0/s1. The number of benzene rings is 1. The lowest BCUT2D eigenvalue weighted by atomic mass is 9.92. The molecule has 2 N–H and O–H groups in total. The highest BCUT2D eigenvalue weighted by Gasteiger charge is 2.32. The summed E-state index contributed by atoms with van der Waals surface area (Å²) in [6, 6.07) is 8.81. The minimum Gasteiger partial charge on any atom is -0.361 e. The molecule has 1 amide bonds. The van der Waals surface area contributed by atoms with Crippen LogP contribution in [0.25, 0.3) is 10.9 Å². The fourth-order valence-electron chi connectivity index (χ4n) is 5.01. The first-order chi connectivity index (χ1) is 15.0. The minimum atomic E-state index is -0.218. The number of carbonyl (C=O) groups is 1. The Morgan fingerprint density at radius 3 is 2.87 bits per heavy atom. The van der Waals surface area contributed by atoms with E-state index in [-0.39, 0.29) is 18.0 Å². The zero-order chi connectivity index (χ0) is 21.5. The second kappa shape index (κ2) is 8.15. The number of aromatic nitrogens is 2. The number of carbonyl (C=O) groups excluding carboxylic acids is 1. The Kier molecular flexibility index (Phi) is 5.34. The first kappa shape index (κ1) is 20.3. The number of nitrogens with zero attached hydrogens (tertiary/aromatic N) is 2. The van der Waals surface area contributed by atoms with Crippen LogP contribution in [0.4, 0.5) is 0 Å². The Morgan fingerprint density at radius 2 is 2.19 bits per heavy atom. The second-order valence-electron chi connectivity index (χ2n) is 9.69. The smallest absolute Gasteiger partial charge is 0.237 e. The number of hydrogen-bond donors (Lipinski definition) is 2. The van der Waals surface area contributed by atoms with Crippen molar-refractivity contribution in [2.45, 2.75) is 77.5 Å². The molecule has 3 aromatic rings. The van der Waals surface area contributed by atoms with Gasteiger partial charge in [0.15, 0.2) is 0 Å². The molecule has 2 aliphatic rings. The molecule has 0 radical (unpaired) electrons. The SMILES string of the molecule is Cc1cc(Cn2cc3c4c(cccc42)[C@H](CC(C)C)N[C@H](C(=O)NC2CCC2)C3)no1. The Bertz CT molecular complexity index is 1090. The van der Waals surface area contributed by atoms with E-state index in [9.17, 15) is 4.79 Å². The highest BCUT2D eigenvalue weighted by Crippen LogP contribution is 2.36. The van der Waals surface area contributed by atoms with Gasteiger partial charge in [0.05, 0.1) is 12.6 Å². The van der Waals surface area contributed by atoms with Gasteiger partial charge in [-0.25, -0.2) is 0 Å². The lowest BCUT2D eigenvalue weighted by Gasteiger charge is -2.30. The molecule has 2 aromatic heterocycles. The van der Waals surface area contributed by atoms with Gasteiger partial charge in [-0.15, -0.1) is 0 Å². The molecule has 5 rings (SSSR count). The van der Waals surface area contributed by atoms with Crippen molar-refractivity contribution in [2.75, 3.05) is 0 Å². The van der Waals surface area contributed by atoms with Crippen molar-refractivity contribution in [3.05, 3.63) is 53.0 Å². The Hall–Kier alpha value is -2.60. The monoisotopic (exact) mass is 420 g/mol. The number of rotatable bonds is 6. The van der Waals surface area contributed by atoms with E-state index in [1.54, 1.807) is 0 Å². The number of hydrogen-bond acceptors (Lipinski definition) is 4. The van der Waals surface area contributed by atoms with Crippen molar-refractivity contribution in [1.29, 1.82) is 0 Å². The third kappa shape index (κ3) is 4.01. The summed E-state index contributed by atoms with van der Waals surface area (Å²) in [5, 5.41) is 12.5. The van der Waals surface area contributed by atoms with E-state index >= 15 is 0 Å². The molecule has 1 aromatic carbocycles. The predicted octanol–water partition coefficient (Wildman–Crippen LogP) is 4.26. The lowest BCUT2D eigenvalue weighted by molar-refractivity contribution is -0.124. The maximum atomic E-state index is 13.2. The molecule has 6 heteroatoms. The maximum absolute atomic E-state index is 13.2. The normalized spacial score (nSPS) is 21.3. The molecular formula is C25H32N4O2. The van der Waals surface area contributed by atoms with Gasteiger partial charge < -0.3 is 14.4 Å². The summed E-state index contributed by atoms with van der Waals surface area (Å²) in [5.74, 6) is 1.49. The molecule has 1 fully saturated rings. The third-order valence-corrected chi connectivity index (χ3v) is 6.70. The van der Waals surface area contributed by atoms with Crippen LogP contribution in [0.15, 0.2) is 35.0 Å². The van der Waals surface area contributed by atoms with Crippen LogP contribution in [0.2, 0.25) is 0 Å². The van der Waals surface area contributed by atoms with E-state index in [2.05, 4.69) is 58.6 Å². The van der Waals surface area contributed by atoms with Crippen molar-refractivity contribution >= 4 is 16.8 Å². The number of amides is 1. The van der Waals surface area contributed by atoms with Crippen molar-refractivity contribution in [2.24, 2.45) is 5.92 Å². The molecule has 1 aliphatic carbocycles. The molecule has 0 spiro atoms. The van der Waals surface area contributed by atoms with Gasteiger partial charge in [0, 0.05) is 35.2 Å². The average Bonchev–Trinajstić information content (AvgIpc) is 3.22. The summed E-state index contributed by atoms with van der Waals surface area (Å²) in [6.45, 7) is 7.07. The van der Waals surface area contributed by atoms with Gasteiger partial charge in [0.2, 0.25) is 5.91 Å². The fourth-order valence-corrected chi connectivity index (χ4v) is 5.01. The zero-order valence-electron chi connectivity index (χ0n) is 18.6. The summed E-state index contributed by atoms with van der Waals surface area (Å²) in [7, 11) is 0. The third-order valence-electron chi connectivity index (χ3n) is 6.70. The Balaban J connectivity index is 1.53. The summed E-state index contributed by atoms with van der Waals surface area (Å²) in [6.07, 6.45) is 7.33. The van der Waals surface area contributed by atoms with Crippen molar-refractivity contribution in [1.82, 2.24) is 20.4 Å². The molecule has 0 unspecified atom stereocenters. The quantitative estimate of drug-likeness (QED) is 0.625. The van der Waals surface area contributed by atoms with Gasteiger partial charge in [-0.1, -0.05) is 31.1 Å². The molecule has 0 bridgehead atoms. The van der Waals surface area contributed by atoms with E-state index < -0.39 is 0 Å². The van der Waals surface area contributed by atoms with E-state index in [1.807, 2.05) is 13.0 Å². The minimum absolute atomic E-state index is 0.138. The van der Waals surface area contributed by atoms with Gasteiger partial charge in [-0.3, -0.25) is 10.1 Å². The lowest BCUT2D eigenvalue weighted by Crippen LogP contribution is -2.51. The molecule has 3 heterocycles. The van der Waals surface area contributed by atoms with Crippen LogP contribution in [-0.4, -0.2) is 27.7 Å². The van der Waals surface area contributed by atoms with E-state index in [1.165, 1.54) is 28.5 Å². The molecule has 0 saturated heterocycles. The van der Waals surface area contributed by atoms with Gasteiger partial charge in [-0.2, -0.15) is 0 Å². The summed E-state index contributed by atoms with van der Waals surface area (Å²) < 4.78 is 7.53. The largest absolute Gasteiger partial charge is 0.361 e. The molecule has 6 nitrogen and oxygen atoms in total.